The molecule has 2 rings (SSSR count). The number of methoxy groups -OCH3 is 2. The molecule has 0 aromatic heterocycles. The lowest BCUT2D eigenvalue weighted by Crippen LogP contribution is -2.32. The van der Waals surface area contributed by atoms with Crippen molar-refractivity contribution in [1.29, 1.82) is 5.26 Å². The SMILES string of the molecule is CCOC(=O)N1C=Cc2cc(OC)c(OC)cc2C1C#N. The molecule has 1 heterocycles. The number of ether oxygens (including phenoxy) is 3. The molecule has 1 aliphatic rings. The van der Waals surface area contributed by atoms with E-state index >= 15 is 0 Å². The molecule has 1 atom stereocenters. The predicted octanol–water partition coefficient (Wildman–Crippen LogP) is 2.71. The Kier molecular flexibility index (Phi) is 4.33. The van der Waals surface area contributed by atoms with Crippen LogP contribution in [0.1, 0.15) is 24.1 Å². The average molecular weight is 288 g/mol. The van der Waals surface area contributed by atoms with Crippen molar-refractivity contribution in [2.24, 2.45) is 0 Å². The van der Waals surface area contributed by atoms with E-state index in [1.165, 1.54) is 12.0 Å². The van der Waals surface area contributed by atoms with Crippen molar-refractivity contribution in [2.45, 2.75) is 13.0 Å². The lowest BCUT2D eigenvalue weighted by atomic mass is 9.96. The lowest BCUT2D eigenvalue weighted by molar-refractivity contribution is 0.116. The molecule has 1 unspecified atom stereocenters. The topological polar surface area (TPSA) is 71.8 Å². The quantitative estimate of drug-likeness (QED) is 0.855. The maximum atomic E-state index is 11.9. The number of hydrogen-bond donors (Lipinski definition) is 0. The van der Waals surface area contributed by atoms with Gasteiger partial charge in [0.05, 0.1) is 26.9 Å². The highest BCUT2D eigenvalue weighted by atomic mass is 16.6. The standard InChI is InChI=1S/C15H16N2O4/c1-4-21-15(18)17-6-5-10-7-13(19-2)14(20-3)8-11(10)12(17)9-16/h5-8,12H,4H2,1-3H3. The Bertz CT molecular complexity index is 619. The summed E-state index contributed by atoms with van der Waals surface area (Å²) in [5, 5.41) is 9.41. The molecule has 6 nitrogen and oxygen atoms in total. The molecule has 6 heteroatoms. The summed E-state index contributed by atoms with van der Waals surface area (Å²) in [7, 11) is 3.07. The highest BCUT2D eigenvalue weighted by Crippen LogP contribution is 2.38. The first kappa shape index (κ1) is 14.7. The minimum atomic E-state index is -0.760. The molecule has 0 saturated heterocycles. The lowest BCUT2D eigenvalue weighted by Gasteiger charge is -2.28. The molecule has 0 saturated carbocycles. The summed E-state index contributed by atoms with van der Waals surface area (Å²) in [6.45, 7) is 1.97. The van der Waals surface area contributed by atoms with Gasteiger partial charge in [0.2, 0.25) is 0 Å². The fourth-order valence-corrected chi connectivity index (χ4v) is 2.18. The molecule has 0 bridgehead atoms. The van der Waals surface area contributed by atoms with Crippen LogP contribution in [0.3, 0.4) is 0 Å². The van der Waals surface area contributed by atoms with Crippen LogP contribution in [0.4, 0.5) is 4.79 Å². The van der Waals surface area contributed by atoms with E-state index in [-0.39, 0.29) is 6.61 Å². The van der Waals surface area contributed by atoms with Crippen LogP contribution in [0.5, 0.6) is 11.5 Å². The molecule has 0 aliphatic carbocycles. The van der Waals surface area contributed by atoms with Gasteiger partial charge in [0.15, 0.2) is 17.5 Å². The van der Waals surface area contributed by atoms with E-state index in [1.54, 1.807) is 38.4 Å². The van der Waals surface area contributed by atoms with Crippen LogP contribution in [0.25, 0.3) is 6.08 Å². The van der Waals surface area contributed by atoms with Crippen LogP contribution in [-0.2, 0) is 4.74 Å². The van der Waals surface area contributed by atoms with Gasteiger partial charge in [-0.05, 0) is 30.7 Å². The van der Waals surface area contributed by atoms with Crippen molar-refractivity contribution in [3.05, 3.63) is 29.5 Å². The molecular formula is C15H16N2O4. The predicted molar refractivity (Wildman–Crippen MR) is 75.8 cm³/mol. The second-order valence-corrected chi connectivity index (χ2v) is 4.29. The van der Waals surface area contributed by atoms with Gasteiger partial charge in [-0.15, -0.1) is 0 Å². The van der Waals surface area contributed by atoms with Crippen molar-refractivity contribution in [2.75, 3.05) is 20.8 Å². The number of carbonyl (C=O) groups excluding carboxylic acids is 1. The minimum absolute atomic E-state index is 0.250. The second-order valence-electron chi connectivity index (χ2n) is 4.29. The molecule has 1 aromatic rings. The molecule has 1 amide bonds. The third-order valence-electron chi connectivity index (χ3n) is 3.18. The average Bonchev–Trinajstić information content (AvgIpc) is 2.52. The number of carbonyl (C=O) groups is 1. The Labute approximate surface area is 123 Å². The highest BCUT2D eigenvalue weighted by molar-refractivity contribution is 5.75. The number of nitriles is 1. The van der Waals surface area contributed by atoms with Gasteiger partial charge in [0.1, 0.15) is 0 Å². The van der Waals surface area contributed by atoms with E-state index < -0.39 is 12.1 Å². The Morgan fingerprint density at radius 3 is 2.57 bits per heavy atom. The van der Waals surface area contributed by atoms with Crippen molar-refractivity contribution >= 4 is 12.2 Å². The molecule has 110 valence electrons. The maximum Gasteiger partial charge on any atom is 0.415 e. The zero-order valence-corrected chi connectivity index (χ0v) is 12.1. The van der Waals surface area contributed by atoms with Gasteiger partial charge in [0.25, 0.3) is 0 Å². The summed E-state index contributed by atoms with van der Waals surface area (Å²) in [6, 6.07) is 4.84. The van der Waals surface area contributed by atoms with Crippen LogP contribution in [0, 0.1) is 11.3 Å². The molecule has 0 N–H and O–H groups in total. The van der Waals surface area contributed by atoms with Crippen LogP contribution < -0.4 is 9.47 Å². The molecule has 0 radical (unpaired) electrons. The second kappa shape index (κ2) is 6.18. The van der Waals surface area contributed by atoms with Crippen molar-refractivity contribution in [1.82, 2.24) is 4.90 Å². The summed E-state index contributed by atoms with van der Waals surface area (Å²) in [5.74, 6) is 1.08. The van der Waals surface area contributed by atoms with Crippen molar-refractivity contribution in [3.63, 3.8) is 0 Å². The normalized spacial score (nSPS) is 15.9. The minimum Gasteiger partial charge on any atom is -0.493 e. The van der Waals surface area contributed by atoms with Crippen LogP contribution in [-0.4, -0.2) is 31.8 Å². The van der Waals surface area contributed by atoms with E-state index in [9.17, 15) is 10.1 Å². The highest BCUT2D eigenvalue weighted by Gasteiger charge is 2.30. The number of hydrogen-bond acceptors (Lipinski definition) is 5. The monoisotopic (exact) mass is 288 g/mol. The summed E-state index contributed by atoms with van der Waals surface area (Å²) < 4.78 is 15.4. The van der Waals surface area contributed by atoms with E-state index in [1.807, 2.05) is 0 Å². The Morgan fingerprint density at radius 2 is 2.00 bits per heavy atom. The Balaban J connectivity index is 2.47. The Morgan fingerprint density at radius 1 is 1.33 bits per heavy atom. The third-order valence-corrected chi connectivity index (χ3v) is 3.18. The maximum absolute atomic E-state index is 11.9. The first-order chi connectivity index (χ1) is 10.2. The van der Waals surface area contributed by atoms with Gasteiger partial charge in [-0.3, -0.25) is 4.90 Å². The third kappa shape index (κ3) is 2.63. The van der Waals surface area contributed by atoms with E-state index in [4.69, 9.17) is 14.2 Å². The molecule has 0 fully saturated rings. The zero-order valence-electron chi connectivity index (χ0n) is 12.1. The van der Waals surface area contributed by atoms with Gasteiger partial charge in [-0.1, -0.05) is 0 Å². The summed E-state index contributed by atoms with van der Waals surface area (Å²) in [5.41, 5.74) is 1.48. The molecule has 21 heavy (non-hydrogen) atoms. The number of rotatable bonds is 3. The number of amides is 1. The summed E-state index contributed by atoms with van der Waals surface area (Å²) in [6.07, 6.45) is 2.73. The first-order valence-electron chi connectivity index (χ1n) is 6.45. The van der Waals surface area contributed by atoms with Crippen LogP contribution >= 0.6 is 0 Å². The Hall–Kier alpha value is -2.68. The zero-order chi connectivity index (χ0) is 15.4. The van der Waals surface area contributed by atoms with Gasteiger partial charge in [-0.25, -0.2) is 4.79 Å². The van der Waals surface area contributed by atoms with Gasteiger partial charge >= 0.3 is 6.09 Å². The van der Waals surface area contributed by atoms with Crippen molar-refractivity contribution in [3.8, 4) is 17.6 Å². The molecule has 1 aliphatic heterocycles. The van der Waals surface area contributed by atoms with Gasteiger partial charge < -0.3 is 14.2 Å². The smallest absolute Gasteiger partial charge is 0.415 e. The van der Waals surface area contributed by atoms with Crippen LogP contribution in [0.2, 0.25) is 0 Å². The number of fused-ring (bicyclic) bond motifs is 1. The fourth-order valence-electron chi connectivity index (χ4n) is 2.18. The number of benzene rings is 1. The fraction of sp³-hybridized carbons (Fsp3) is 0.333. The van der Waals surface area contributed by atoms with Gasteiger partial charge in [-0.2, -0.15) is 5.26 Å². The molecule has 0 spiro atoms. The summed E-state index contributed by atoms with van der Waals surface area (Å²) in [4.78, 5) is 13.2. The largest absolute Gasteiger partial charge is 0.493 e. The molecule has 1 aromatic carbocycles. The van der Waals surface area contributed by atoms with Gasteiger partial charge in [0, 0.05) is 11.8 Å². The van der Waals surface area contributed by atoms with E-state index in [2.05, 4.69) is 6.07 Å². The van der Waals surface area contributed by atoms with E-state index in [0.29, 0.717) is 17.1 Å². The first-order valence-corrected chi connectivity index (χ1v) is 6.45. The van der Waals surface area contributed by atoms with Crippen molar-refractivity contribution < 1.29 is 19.0 Å². The number of nitrogens with zero attached hydrogens (tertiary/aromatic N) is 2. The van der Waals surface area contributed by atoms with E-state index in [0.717, 1.165) is 5.56 Å². The molecular weight excluding hydrogens is 272 g/mol. The van der Waals surface area contributed by atoms with Crippen LogP contribution in [0.15, 0.2) is 18.3 Å². The summed E-state index contributed by atoms with van der Waals surface area (Å²) >= 11 is 0.